The Morgan fingerprint density at radius 3 is 2.58 bits per heavy atom. The molecule has 1 unspecified atom stereocenters. The second kappa shape index (κ2) is 9.16. The zero-order valence-electron chi connectivity index (χ0n) is 16.7. The van der Waals surface area contributed by atoms with Crippen LogP contribution in [0.5, 0.6) is 11.5 Å². The van der Waals surface area contributed by atoms with Crippen LogP contribution in [0.15, 0.2) is 53.3 Å². The van der Waals surface area contributed by atoms with Gasteiger partial charge in [0.1, 0.15) is 23.0 Å². The molecule has 3 N–H and O–H groups in total. The molecule has 0 aliphatic rings. The molecular weight excluding hydrogens is 409 g/mol. The number of nitrogens with zero attached hydrogens (tertiary/aromatic N) is 1. The first-order chi connectivity index (χ1) is 14.8. The number of halogens is 1. The normalized spacial score (nSPS) is 11.6. The van der Waals surface area contributed by atoms with Gasteiger partial charge in [-0.25, -0.2) is 9.07 Å². The Bertz CT molecular complexity index is 1170. The number of methoxy groups -OCH3 is 2. The highest BCUT2D eigenvalue weighted by Gasteiger charge is 2.24. The van der Waals surface area contributed by atoms with Crippen LogP contribution in [0.2, 0.25) is 0 Å². The first kappa shape index (κ1) is 21.6. The molecule has 3 aromatic rings. The zero-order chi connectivity index (χ0) is 22.5. The molecule has 1 atom stereocenters. The Hall–Kier alpha value is -4.08. The third kappa shape index (κ3) is 4.92. The molecule has 0 aliphatic carbocycles. The monoisotopic (exact) mass is 429 g/mol. The van der Waals surface area contributed by atoms with Gasteiger partial charge < -0.3 is 19.9 Å². The second-order valence-corrected chi connectivity index (χ2v) is 6.56. The number of benzene rings is 2. The van der Waals surface area contributed by atoms with Crippen LogP contribution in [0.25, 0.3) is 5.69 Å². The van der Waals surface area contributed by atoms with E-state index in [1.54, 1.807) is 18.2 Å². The number of H-pyrrole nitrogens is 1. The Balaban J connectivity index is 1.91. The van der Waals surface area contributed by atoms with Crippen LogP contribution in [0.3, 0.4) is 0 Å². The number of carbonyl (C=O) groups excluding carboxylic acids is 1. The van der Waals surface area contributed by atoms with Crippen molar-refractivity contribution in [2.24, 2.45) is 0 Å². The molecule has 1 aromatic heterocycles. The van der Waals surface area contributed by atoms with E-state index >= 15 is 0 Å². The van der Waals surface area contributed by atoms with Gasteiger partial charge in [0.15, 0.2) is 0 Å². The van der Waals surface area contributed by atoms with Crippen molar-refractivity contribution in [2.75, 3.05) is 14.2 Å². The summed E-state index contributed by atoms with van der Waals surface area (Å²) >= 11 is 0. The van der Waals surface area contributed by atoms with Crippen molar-refractivity contribution in [1.29, 1.82) is 0 Å². The van der Waals surface area contributed by atoms with E-state index in [0.717, 1.165) is 16.8 Å². The van der Waals surface area contributed by atoms with E-state index in [0.29, 0.717) is 17.1 Å². The molecular formula is C21H20FN3O6. The maximum Gasteiger partial charge on any atom is 0.305 e. The molecule has 10 heteroatoms. The molecule has 0 bridgehead atoms. The number of hydrogen-bond acceptors (Lipinski definition) is 5. The summed E-state index contributed by atoms with van der Waals surface area (Å²) in [6, 6.07) is 10.1. The molecule has 0 saturated heterocycles. The topological polar surface area (TPSA) is 123 Å². The van der Waals surface area contributed by atoms with Crippen LogP contribution in [0.4, 0.5) is 4.39 Å². The highest BCUT2D eigenvalue weighted by Crippen LogP contribution is 2.31. The van der Waals surface area contributed by atoms with E-state index in [9.17, 15) is 23.9 Å². The lowest BCUT2D eigenvalue weighted by Gasteiger charge is -2.20. The fourth-order valence-electron chi connectivity index (χ4n) is 3.07. The molecule has 0 fully saturated rings. The summed E-state index contributed by atoms with van der Waals surface area (Å²) in [4.78, 5) is 36.4. The molecule has 1 amide bonds. The lowest BCUT2D eigenvalue weighted by atomic mass is 10.0. The van der Waals surface area contributed by atoms with Crippen LogP contribution in [-0.4, -0.2) is 41.0 Å². The minimum atomic E-state index is -1.14. The zero-order valence-corrected chi connectivity index (χ0v) is 16.7. The van der Waals surface area contributed by atoms with Crippen LogP contribution in [0.1, 0.15) is 28.5 Å². The van der Waals surface area contributed by atoms with E-state index in [1.807, 2.05) is 0 Å². The second-order valence-electron chi connectivity index (χ2n) is 6.56. The average molecular weight is 429 g/mol. The maximum absolute atomic E-state index is 13.5. The van der Waals surface area contributed by atoms with E-state index < -0.39 is 35.7 Å². The fourth-order valence-corrected chi connectivity index (χ4v) is 3.07. The first-order valence-corrected chi connectivity index (χ1v) is 9.15. The third-order valence-electron chi connectivity index (χ3n) is 4.53. The van der Waals surface area contributed by atoms with Crippen LogP contribution in [0, 0.1) is 5.82 Å². The Morgan fingerprint density at radius 2 is 1.94 bits per heavy atom. The number of aliphatic carboxylic acids is 1. The van der Waals surface area contributed by atoms with Gasteiger partial charge in [-0.2, -0.15) is 0 Å². The molecule has 2 aromatic carbocycles. The molecule has 0 radical (unpaired) electrons. The number of carbonyl (C=O) groups is 2. The van der Waals surface area contributed by atoms with Crippen LogP contribution in [-0.2, 0) is 4.79 Å². The largest absolute Gasteiger partial charge is 0.497 e. The number of aromatic amines is 1. The molecule has 9 nitrogen and oxygen atoms in total. The van der Waals surface area contributed by atoms with E-state index in [1.165, 1.54) is 32.4 Å². The predicted octanol–water partition coefficient (Wildman–Crippen LogP) is 2.27. The van der Waals surface area contributed by atoms with E-state index in [2.05, 4.69) is 10.4 Å². The van der Waals surface area contributed by atoms with E-state index in [-0.39, 0.29) is 11.4 Å². The average Bonchev–Trinajstić information content (AvgIpc) is 3.14. The van der Waals surface area contributed by atoms with Crippen LogP contribution < -0.4 is 20.3 Å². The lowest BCUT2D eigenvalue weighted by Crippen LogP contribution is -2.31. The fraction of sp³-hybridized carbons (Fsp3) is 0.190. The van der Waals surface area contributed by atoms with Crippen molar-refractivity contribution >= 4 is 11.9 Å². The maximum atomic E-state index is 13.5. The Kier molecular flexibility index (Phi) is 6.39. The molecule has 3 rings (SSSR count). The number of hydrogen-bond donors (Lipinski definition) is 3. The number of aromatic nitrogens is 2. The minimum Gasteiger partial charge on any atom is -0.497 e. The highest BCUT2D eigenvalue weighted by atomic mass is 19.1. The summed E-state index contributed by atoms with van der Waals surface area (Å²) in [6.07, 6.45) is -0.427. The molecule has 0 aliphatic heterocycles. The first-order valence-electron chi connectivity index (χ1n) is 9.15. The van der Waals surface area contributed by atoms with Gasteiger partial charge in [-0.05, 0) is 30.3 Å². The molecule has 0 saturated carbocycles. The molecule has 1 heterocycles. The number of amides is 1. The number of ether oxygens (including phenoxy) is 2. The highest BCUT2D eigenvalue weighted by molar-refractivity contribution is 5.92. The van der Waals surface area contributed by atoms with Crippen molar-refractivity contribution in [1.82, 2.24) is 15.1 Å². The van der Waals surface area contributed by atoms with Gasteiger partial charge in [0.25, 0.3) is 11.5 Å². The van der Waals surface area contributed by atoms with Crippen molar-refractivity contribution < 1.29 is 28.6 Å². The summed E-state index contributed by atoms with van der Waals surface area (Å²) in [6.45, 7) is 0. The van der Waals surface area contributed by atoms with E-state index in [4.69, 9.17) is 9.47 Å². The summed E-state index contributed by atoms with van der Waals surface area (Å²) in [5, 5.41) is 14.5. The number of nitrogens with one attached hydrogen (secondary N) is 2. The van der Waals surface area contributed by atoms with Gasteiger partial charge in [-0.3, -0.25) is 19.5 Å². The molecule has 0 spiro atoms. The van der Waals surface area contributed by atoms with Crippen LogP contribution >= 0.6 is 0 Å². The number of carboxylic acids is 1. The summed E-state index contributed by atoms with van der Waals surface area (Å²) in [5.41, 5.74) is -0.0568. The van der Waals surface area contributed by atoms with Gasteiger partial charge in [-0.15, -0.1) is 0 Å². The third-order valence-corrected chi connectivity index (χ3v) is 4.53. The number of rotatable bonds is 8. The van der Waals surface area contributed by atoms with Gasteiger partial charge in [0.2, 0.25) is 0 Å². The van der Waals surface area contributed by atoms with Crippen molar-refractivity contribution in [3.8, 4) is 17.2 Å². The molecule has 31 heavy (non-hydrogen) atoms. The summed E-state index contributed by atoms with van der Waals surface area (Å²) < 4.78 is 24.9. The van der Waals surface area contributed by atoms with Crippen molar-refractivity contribution in [2.45, 2.75) is 12.5 Å². The van der Waals surface area contributed by atoms with Crippen molar-refractivity contribution in [3.63, 3.8) is 0 Å². The van der Waals surface area contributed by atoms with Gasteiger partial charge >= 0.3 is 5.97 Å². The Morgan fingerprint density at radius 1 is 1.16 bits per heavy atom. The summed E-state index contributed by atoms with van der Waals surface area (Å²) in [5.74, 6) is -1.57. The quantitative estimate of drug-likeness (QED) is 0.505. The van der Waals surface area contributed by atoms with Gasteiger partial charge in [-0.1, -0.05) is 6.07 Å². The summed E-state index contributed by atoms with van der Waals surface area (Å²) in [7, 11) is 2.89. The Labute approximate surface area is 176 Å². The van der Waals surface area contributed by atoms with Gasteiger partial charge in [0.05, 0.1) is 32.4 Å². The standard InChI is InChI=1S/C21H20FN3O6/c1-30-14-6-7-15(18(9-14)31-2)16(11-20(27)28)23-21(29)17-10-19(26)25(24-17)13-5-3-4-12(22)8-13/h3-10,16,24H,11H2,1-2H3,(H,23,29)(H,27,28). The lowest BCUT2D eigenvalue weighted by molar-refractivity contribution is -0.137. The molecule has 162 valence electrons. The predicted molar refractivity (Wildman–Crippen MR) is 108 cm³/mol. The minimum absolute atomic E-state index is 0.114. The van der Waals surface area contributed by atoms with Gasteiger partial charge in [0, 0.05) is 17.7 Å². The SMILES string of the molecule is COc1ccc(C(CC(=O)O)NC(=O)c2cc(=O)n(-c3cccc(F)c3)[nH]2)c(OC)c1. The van der Waals surface area contributed by atoms with Crippen molar-refractivity contribution in [3.05, 3.63) is 76.0 Å². The number of carboxylic acid groups (broad SMARTS) is 1. The smallest absolute Gasteiger partial charge is 0.305 e.